The summed E-state index contributed by atoms with van der Waals surface area (Å²) in [6.07, 6.45) is 7.02. The van der Waals surface area contributed by atoms with Gasteiger partial charge >= 0.3 is 5.97 Å². The lowest BCUT2D eigenvalue weighted by Crippen LogP contribution is -2.27. The van der Waals surface area contributed by atoms with E-state index in [1.807, 2.05) is 24.3 Å². The number of ketones is 1. The summed E-state index contributed by atoms with van der Waals surface area (Å²) in [4.78, 5) is 26.8. The smallest absolute Gasteiger partial charge is 0.336 e. The molecule has 0 radical (unpaired) electrons. The van der Waals surface area contributed by atoms with Gasteiger partial charge in [0.15, 0.2) is 5.76 Å². The highest BCUT2D eigenvalue weighted by atomic mass is 16.4. The molecule has 0 fully saturated rings. The quantitative estimate of drug-likeness (QED) is 0.324. The highest BCUT2D eigenvalue weighted by molar-refractivity contribution is 6.11. The molecule has 0 saturated heterocycles. The normalized spacial score (nSPS) is 11.3. The summed E-state index contributed by atoms with van der Waals surface area (Å²) in [7, 11) is 0. The zero-order valence-electron chi connectivity index (χ0n) is 19.1. The second-order valence-corrected chi connectivity index (χ2v) is 8.31. The number of hydrogen-bond donors (Lipinski definition) is 1. The molecule has 0 spiro atoms. The van der Waals surface area contributed by atoms with Crippen LogP contribution in [0.4, 0.5) is 0 Å². The molecule has 5 heteroatoms. The second kappa shape index (κ2) is 11.6. The van der Waals surface area contributed by atoms with E-state index in [-0.39, 0.29) is 17.1 Å². The van der Waals surface area contributed by atoms with Crippen LogP contribution in [0.3, 0.4) is 0 Å². The number of aryl methyl sites for hydroxylation is 1. The molecule has 3 aromatic rings. The van der Waals surface area contributed by atoms with Crippen molar-refractivity contribution in [2.45, 2.75) is 52.4 Å². The van der Waals surface area contributed by atoms with E-state index >= 15 is 0 Å². The molecule has 0 amide bonds. The Morgan fingerprint density at radius 3 is 2.19 bits per heavy atom. The van der Waals surface area contributed by atoms with Crippen molar-refractivity contribution >= 4 is 22.7 Å². The van der Waals surface area contributed by atoms with Crippen molar-refractivity contribution in [3.8, 4) is 0 Å². The highest BCUT2D eigenvalue weighted by Gasteiger charge is 2.18. The van der Waals surface area contributed by atoms with Gasteiger partial charge in [-0.1, -0.05) is 57.0 Å². The first-order valence-electron chi connectivity index (χ1n) is 11.6. The number of carbonyl (C=O) groups excluding carboxylic acids is 1. The molecule has 0 bridgehead atoms. The minimum atomic E-state index is -1.04. The number of hydrogen-bond acceptors (Lipinski definition) is 4. The van der Waals surface area contributed by atoms with Gasteiger partial charge in [0.1, 0.15) is 5.58 Å². The summed E-state index contributed by atoms with van der Waals surface area (Å²) < 4.78 is 5.64. The maximum Gasteiger partial charge on any atom is 0.336 e. The molecule has 1 heterocycles. The number of benzene rings is 2. The Morgan fingerprint density at radius 2 is 1.56 bits per heavy atom. The Balaban J connectivity index is 1.61. The molecular formula is C27H33NO4. The van der Waals surface area contributed by atoms with Crippen molar-refractivity contribution in [3.63, 3.8) is 0 Å². The average molecular weight is 436 g/mol. The standard InChI is InChI=1S/C27H33NO4/c1-3-5-16-28(17-6-4-2)18-8-9-20-12-14-21(15-13-20)26(29)25-19-23-22(27(30)31)10-7-11-24(23)32-25/h7,10-15,19H,3-6,8-9,16-18H2,1-2H3,(H,30,31). The van der Waals surface area contributed by atoms with Gasteiger partial charge in [0.2, 0.25) is 5.78 Å². The van der Waals surface area contributed by atoms with E-state index in [0.717, 1.165) is 19.4 Å². The molecule has 0 atom stereocenters. The predicted molar refractivity (Wildman–Crippen MR) is 128 cm³/mol. The number of furan rings is 1. The number of unbranched alkanes of at least 4 members (excludes halogenated alkanes) is 2. The van der Waals surface area contributed by atoms with Gasteiger partial charge in [-0.15, -0.1) is 0 Å². The summed E-state index contributed by atoms with van der Waals surface area (Å²) in [6.45, 7) is 7.91. The van der Waals surface area contributed by atoms with Crippen LogP contribution < -0.4 is 0 Å². The summed E-state index contributed by atoms with van der Waals surface area (Å²) in [5.41, 5.74) is 2.29. The molecule has 5 nitrogen and oxygen atoms in total. The molecule has 0 aliphatic rings. The number of carboxylic acid groups (broad SMARTS) is 1. The topological polar surface area (TPSA) is 70.8 Å². The zero-order chi connectivity index (χ0) is 22.9. The summed E-state index contributed by atoms with van der Waals surface area (Å²) in [5, 5.41) is 9.78. The van der Waals surface area contributed by atoms with E-state index in [9.17, 15) is 14.7 Å². The Kier molecular flexibility index (Phi) is 8.63. The van der Waals surface area contributed by atoms with Gasteiger partial charge in [-0.3, -0.25) is 4.79 Å². The number of rotatable bonds is 13. The van der Waals surface area contributed by atoms with Crippen LogP contribution in [0.1, 0.15) is 78.0 Å². The Morgan fingerprint density at radius 1 is 0.906 bits per heavy atom. The Labute approximate surface area is 190 Å². The molecular weight excluding hydrogens is 402 g/mol. The van der Waals surface area contributed by atoms with Gasteiger partial charge in [0, 0.05) is 10.9 Å². The van der Waals surface area contributed by atoms with Crippen molar-refractivity contribution in [2.24, 2.45) is 0 Å². The average Bonchev–Trinajstić information content (AvgIpc) is 3.24. The van der Waals surface area contributed by atoms with Crippen LogP contribution in [0, 0.1) is 0 Å². The molecule has 170 valence electrons. The van der Waals surface area contributed by atoms with Gasteiger partial charge < -0.3 is 14.4 Å². The van der Waals surface area contributed by atoms with Crippen molar-refractivity contribution in [1.29, 1.82) is 0 Å². The fourth-order valence-electron chi connectivity index (χ4n) is 3.93. The first kappa shape index (κ1) is 23.7. The number of fused-ring (bicyclic) bond motifs is 1. The third-order valence-electron chi connectivity index (χ3n) is 5.83. The minimum Gasteiger partial charge on any atom is -0.478 e. The molecule has 1 aromatic heterocycles. The largest absolute Gasteiger partial charge is 0.478 e. The van der Waals surface area contributed by atoms with Gasteiger partial charge in [0.05, 0.1) is 5.56 Å². The van der Waals surface area contributed by atoms with Crippen LogP contribution in [-0.4, -0.2) is 41.4 Å². The fourth-order valence-corrected chi connectivity index (χ4v) is 3.93. The zero-order valence-corrected chi connectivity index (χ0v) is 19.1. The second-order valence-electron chi connectivity index (χ2n) is 8.31. The summed E-state index contributed by atoms with van der Waals surface area (Å²) in [6, 6.07) is 14.0. The van der Waals surface area contributed by atoms with Crippen molar-refractivity contribution in [2.75, 3.05) is 19.6 Å². The maximum atomic E-state index is 12.9. The number of carboxylic acids is 1. The third kappa shape index (κ3) is 6.07. The van der Waals surface area contributed by atoms with E-state index in [1.165, 1.54) is 56.5 Å². The van der Waals surface area contributed by atoms with Crippen molar-refractivity contribution < 1.29 is 19.1 Å². The van der Waals surface area contributed by atoms with Crippen LogP contribution in [0.5, 0.6) is 0 Å². The molecule has 3 rings (SSSR count). The number of carbonyl (C=O) groups is 2. The molecule has 0 aliphatic carbocycles. The van der Waals surface area contributed by atoms with Crippen molar-refractivity contribution in [1.82, 2.24) is 4.90 Å². The Hall–Kier alpha value is -2.92. The van der Waals surface area contributed by atoms with Crippen LogP contribution in [0.25, 0.3) is 11.0 Å². The van der Waals surface area contributed by atoms with Crippen LogP contribution in [-0.2, 0) is 6.42 Å². The summed E-state index contributed by atoms with van der Waals surface area (Å²) >= 11 is 0. The maximum absolute atomic E-state index is 12.9. The lowest BCUT2D eigenvalue weighted by molar-refractivity contribution is 0.0698. The van der Waals surface area contributed by atoms with Gasteiger partial charge in [-0.05, 0) is 69.1 Å². The minimum absolute atomic E-state index is 0.132. The summed E-state index contributed by atoms with van der Waals surface area (Å²) in [5.74, 6) is -1.12. The molecule has 0 unspecified atom stereocenters. The van der Waals surface area contributed by atoms with E-state index in [0.29, 0.717) is 16.5 Å². The van der Waals surface area contributed by atoms with Gasteiger partial charge in [-0.25, -0.2) is 4.79 Å². The highest BCUT2D eigenvalue weighted by Crippen LogP contribution is 2.25. The first-order valence-corrected chi connectivity index (χ1v) is 11.6. The van der Waals surface area contributed by atoms with E-state index in [4.69, 9.17) is 4.42 Å². The van der Waals surface area contributed by atoms with Gasteiger partial charge in [-0.2, -0.15) is 0 Å². The SMILES string of the molecule is CCCCN(CCCC)CCCc1ccc(C(=O)c2cc3c(C(=O)O)cccc3o2)cc1. The fraction of sp³-hybridized carbons (Fsp3) is 0.407. The lowest BCUT2D eigenvalue weighted by Gasteiger charge is -2.21. The van der Waals surface area contributed by atoms with Crippen LogP contribution in [0.2, 0.25) is 0 Å². The van der Waals surface area contributed by atoms with Crippen LogP contribution >= 0.6 is 0 Å². The number of aromatic carboxylic acids is 1. The van der Waals surface area contributed by atoms with Crippen LogP contribution in [0.15, 0.2) is 52.9 Å². The molecule has 0 saturated carbocycles. The van der Waals surface area contributed by atoms with E-state index in [1.54, 1.807) is 12.1 Å². The molecule has 2 aromatic carbocycles. The molecule has 1 N–H and O–H groups in total. The number of nitrogens with zero attached hydrogens (tertiary/aromatic N) is 1. The van der Waals surface area contributed by atoms with Crippen molar-refractivity contribution in [3.05, 3.63) is 71.0 Å². The van der Waals surface area contributed by atoms with E-state index in [2.05, 4.69) is 18.7 Å². The Bertz CT molecular complexity index is 1030. The third-order valence-corrected chi connectivity index (χ3v) is 5.83. The van der Waals surface area contributed by atoms with Gasteiger partial charge in [0.25, 0.3) is 0 Å². The molecule has 0 aliphatic heterocycles. The first-order chi connectivity index (χ1) is 15.5. The van der Waals surface area contributed by atoms with E-state index < -0.39 is 5.97 Å². The lowest BCUT2D eigenvalue weighted by atomic mass is 10.0. The predicted octanol–water partition coefficient (Wildman–Crippen LogP) is 6.20. The molecule has 32 heavy (non-hydrogen) atoms. The monoisotopic (exact) mass is 435 g/mol.